The van der Waals surface area contributed by atoms with E-state index in [1.807, 2.05) is 0 Å². The Bertz CT molecular complexity index is 324. The average Bonchev–Trinajstić information content (AvgIpc) is 2.39. The number of hydrogen-bond donors (Lipinski definition) is 1. The van der Waals surface area contributed by atoms with E-state index in [9.17, 15) is 0 Å². The fourth-order valence-corrected chi connectivity index (χ4v) is 2.14. The van der Waals surface area contributed by atoms with Gasteiger partial charge in [-0.2, -0.15) is 0 Å². The normalized spacial score (nSPS) is 12.9. The van der Waals surface area contributed by atoms with Gasteiger partial charge in [0.25, 0.3) is 0 Å². The lowest BCUT2D eigenvalue weighted by molar-refractivity contribution is 0.185. The summed E-state index contributed by atoms with van der Waals surface area (Å²) in [6.07, 6.45) is 2.43. The first kappa shape index (κ1) is 15.2. The van der Waals surface area contributed by atoms with Crippen LogP contribution in [0.5, 0.6) is 0 Å². The van der Waals surface area contributed by atoms with Gasteiger partial charge in [0.1, 0.15) is 0 Å². The zero-order chi connectivity index (χ0) is 13.4. The second kappa shape index (κ2) is 8.25. The van der Waals surface area contributed by atoms with E-state index in [2.05, 4.69) is 43.1 Å². The molecule has 0 amide bonds. The third-order valence-electron chi connectivity index (χ3n) is 3.30. The van der Waals surface area contributed by atoms with Gasteiger partial charge in [-0.15, -0.1) is 0 Å². The van der Waals surface area contributed by atoms with Crippen LogP contribution < -0.4 is 5.73 Å². The lowest BCUT2D eigenvalue weighted by atomic mass is 10.0. The fourth-order valence-electron chi connectivity index (χ4n) is 2.14. The molecule has 0 aliphatic rings. The predicted octanol–water partition coefficient (Wildman–Crippen LogP) is 2.56. The summed E-state index contributed by atoms with van der Waals surface area (Å²) in [7, 11) is 3.87. The minimum atomic E-state index is 0.313. The van der Waals surface area contributed by atoms with Crippen LogP contribution in [-0.2, 0) is 11.3 Å². The summed E-state index contributed by atoms with van der Waals surface area (Å²) >= 11 is 0. The van der Waals surface area contributed by atoms with E-state index in [4.69, 9.17) is 10.5 Å². The third kappa shape index (κ3) is 4.41. The minimum absolute atomic E-state index is 0.313. The van der Waals surface area contributed by atoms with Gasteiger partial charge in [-0.1, -0.05) is 37.6 Å². The molecule has 102 valence electrons. The molecule has 0 saturated carbocycles. The van der Waals surface area contributed by atoms with Gasteiger partial charge in [0.2, 0.25) is 0 Å². The summed E-state index contributed by atoms with van der Waals surface area (Å²) < 4.78 is 5.12. The molecule has 0 saturated heterocycles. The van der Waals surface area contributed by atoms with Crippen LogP contribution in [0.15, 0.2) is 24.3 Å². The molecule has 0 aliphatic heterocycles. The molecule has 3 heteroatoms. The Morgan fingerprint density at radius 2 is 1.94 bits per heavy atom. The number of unbranched alkanes of at least 4 members (excludes halogenated alkanes) is 1. The first-order valence-electron chi connectivity index (χ1n) is 6.71. The van der Waals surface area contributed by atoms with Gasteiger partial charge >= 0.3 is 0 Å². The lowest BCUT2D eigenvalue weighted by Gasteiger charge is -2.27. The van der Waals surface area contributed by atoms with Crippen molar-refractivity contribution in [2.45, 2.75) is 32.4 Å². The zero-order valence-electron chi connectivity index (χ0n) is 11.9. The van der Waals surface area contributed by atoms with Gasteiger partial charge in [-0.3, -0.25) is 4.90 Å². The van der Waals surface area contributed by atoms with Crippen molar-refractivity contribution < 1.29 is 4.74 Å². The monoisotopic (exact) mass is 250 g/mol. The van der Waals surface area contributed by atoms with Crippen LogP contribution in [-0.4, -0.2) is 32.1 Å². The van der Waals surface area contributed by atoms with Gasteiger partial charge in [0.05, 0.1) is 6.61 Å². The van der Waals surface area contributed by atoms with Crippen LogP contribution in [0.2, 0.25) is 0 Å². The van der Waals surface area contributed by atoms with Gasteiger partial charge in [-0.05, 0) is 31.1 Å². The Hall–Kier alpha value is -0.900. The predicted molar refractivity (Wildman–Crippen MR) is 76.5 cm³/mol. The molecule has 1 aromatic rings. The fraction of sp³-hybridized carbons (Fsp3) is 0.600. The molecule has 1 unspecified atom stereocenters. The van der Waals surface area contributed by atoms with Crippen LogP contribution >= 0.6 is 0 Å². The third-order valence-corrected chi connectivity index (χ3v) is 3.30. The number of nitrogens with zero attached hydrogens (tertiary/aromatic N) is 1. The summed E-state index contributed by atoms with van der Waals surface area (Å²) in [5.74, 6) is 0. The molecule has 1 atom stereocenters. The number of likely N-dealkylation sites (N-methyl/N-ethyl adjacent to an activating group) is 1. The molecular formula is C15H26N2O. The first-order valence-corrected chi connectivity index (χ1v) is 6.71. The van der Waals surface area contributed by atoms with E-state index in [0.29, 0.717) is 19.2 Å². The molecule has 3 nitrogen and oxygen atoms in total. The summed E-state index contributed by atoms with van der Waals surface area (Å²) in [4.78, 5) is 2.34. The van der Waals surface area contributed by atoms with Crippen LogP contribution in [0.3, 0.4) is 0 Å². The lowest BCUT2D eigenvalue weighted by Crippen LogP contribution is -2.31. The maximum Gasteiger partial charge on any atom is 0.0713 e. The number of hydrogen-bond acceptors (Lipinski definition) is 3. The maximum atomic E-state index is 5.91. The highest BCUT2D eigenvalue weighted by Gasteiger charge is 2.14. The second-order valence-corrected chi connectivity index (χ2v) is 4.76. The molecule has 0 aliphatic carbocycles. The standard InChI is InChI=1S/C15H26N2O/c1-4-5-10-17(2)15(11-16)14-8-6-13(7-9-14)12-18-3/h6-9,15H,4-5,10-12,16H2,1-3H3. The average molecular weight is 250 g/mol. The zero-order valence-corrected chi connectivity index (χ0v) is 11.9. The molecule has 0 aromatic heterocycles. The molecule has 18 heavy (non-hydrogen) atoms. The number of ether oxygens (including phenoxy) is 1. The molecule has 0 radical (unpaired) electrons. The van der Waals surface area contributed by atoms with Crippen molar-refractivity contribution in [2.24, 2.45) is 5.73 Å². The minimum Gasteiger partial charge on any atom is -0.380 e. The molecule has 0 fully saturated rings. The SMILES string of the molecule is CCCCN(C)C(CN)c1ccc(COC)cc1. The second-order valence-electron chi connectivity index (χ2n) is 4.76. The highest BCUT2D eigenvalue weighted by atomic mass is 16.5. The molecule has 2 N–H and O–H groups in total. The quantitative estimate of drug-likeness (QED) is 0.770. The van der Waals surface area contributed by atoms with Gasteiger partial charge < -0.3 is 10.5 Å². The Kier molecular flexibility index (Phi) is 6.94. The summed E-state index contributed by atoms with van der Waals surface area (Å²) in [5.41, 5.74) is 8.40. The van der Waals surface area contributed by atoms with E-state index >= 15 is 0 Å². The van der Waals surface area contributed by atoms with E-state index < -0.39 is 0 Å². The Balaban J connectivity index is 2.69. The summed E-state index contributed by atoms with van der Waals surface area (Å²) in [5, 5.41) is 0. The van der Waals surface area contributed by atoms with Crippen molar-refractivity contribution in [2.75, 3.05) is 27.2 Å². The molecule has 1 rings (SSSR count). The van der Waals surface area contributed by atoms with Crippen molar-refractivity contribution in [3.8, 4) is 0 Å². The molecule has 0 heterocycles. The number of methoxy groups -OCH3 is 1. The summed E-state index contributed by atoms with van der Waals surface area (Å²) in [6, 6.07) is 8.88. The van der Waals surface area contributed by atoms with Gasteiger partial charge in [-0.25, -0.2) is 0 Å². The summed E-state index contributed by atoms with van der Waals surface area (Å²) in [6.45, 7) is 4.63. The van der Waals surface area contributed by atoms with Crippen molar-refractivity contribution in [3.05, 3.63) is 35.4 Å². The maximum absolute atomic E-state index is 5.91. The van der Waals surface area contributed by atoms with Gasteiger partial charge in [0.15, 0.2) is 0 Å². The van der Waals surface area contributed by atoms with Crippen LogP contribution in [0.25, 0.3) is 0 Å². The Morgan fingerprint density at radius 3 is 2.44 bits per heavy atom. The van der Waals surface area contributed by atoms with E-state index in [0.717, 1.165) is 6.54 Å². The highest BCUT2D eigenvalue weighted by molar-refractivity contribution is 5.25. The molecule has 0 spiro atoms. The van der Waals surface area contributed by atoms with Crippen molar-refractivity contribution >= 4 is 0 Å². The van der Waals surface area contributed by atoms with E-state index in [1.54, 1.807) is 7.11 Å². The largest absolute Gasteiger partial charge is 0.380 e. The van der Waals surface area contributed by atoms with Crippen LogP contribution in [0, 0.1) is 0 Å². The number of nitrogens with two attached hydrogens (primary N) is 1. The van der Waals surface area contributed by atoms with Gasteiger partial charge in [0, 0.05) is 19.7 Å². The Labute approximate surface area is 111 Å². The number of rotatable bonds is 8. The smallest absolute Gasteiger partial charge is 0.0713 e. The van der Waals surface area contributed by atoms with Crippen LogP contribution in [0.4, 0.5) is 0 Å². The molecule has 1 aromatic carbocycles. The van der Waals surface area contributed by atoms with Crippen molar-refractivity contribution in [3.63, 3.8) is 0 Å². The molecule has 0 bridgehead atoms. The Morgan fingerprint density at radius 1 is 1.28 bits per heavy atom. The topological polar surface area (TPSA) is 38.5 Å². The number of benzene rings is 1. The van der Waals surface area contributed by atoms with Crippen LogP contribution in [0.1, 0.15) is 36.9 Å². The highest BCUT2D eigenvalue weighted by Crippen LogP contribution is 2.19. The van der Waals surface area contributed by atoms with E-state index in [-0.39, 0.29) is 0 Å². The first-order chi connectivity index (χ1) is 8.72. The van der Waals surface area contributed by atoms with Crippen molar-refractivity contribution in [1.82, 2.24) is 4.90 Å². The van der Waals surface area contributed by atoms with E-state index in [1.165, 1.54) is 24.0 Å². The van der Waals surface area contributed by atoms with Crippen molar-refractivity contribution in [1.29, 1.82) is 0 Å². The molecular weight excluding hydrogens is 224 g/mol.